The van der Waals surface area contributed by atoms with Crippen molar-refractivity contribution in [1.29, 1.82) is 0 Å². The van der Waals surface area contributed by atoms with Gasteiger partial charge in [0.1, 0.15) is 23.0 Å². The highest BCUT2D eigenvalue weighted by Crippen LogP contribution is 2.31. The maximum atomic E-state index is 13.9. The van der Waals surface area contributed by atoms with Crippen molar-refractivity contribution >= 4 is 44.4 Å². The molecule has 0 spiro atoms. The van der Waals surface area contributed by atoms with Crippen molar-refractivity contribution in [3.63, 3.8) is 0 Å². The Morgan fingerprint density at radius 1 is 1.48 bits per heavy atom. The lowest BCUT2D eigenvalue weighted by Crippen LogP contribution is -2.33. The molecule has 5 N–H and O–H groups in total. The zero-order valence-electron chi connectivity index (χ0n) is 14.3. The van der Waals surface area contributed by atoms with Crippen LogP contribution < -0.4 is 21.1 Å². The molecule has 11 heteroatoms. The number of carbonyl (C=O) groups excluding carboxylic acids is 2. The molecule has 0 aliphatic carbocycles. The molecule has 0 aliphatic rings. The zero-order chi connectivity index (χ0) is 20.0. The summed E-state index contributed by atoms with van der Waals surface area (Å²) >= 11 is 3.98. The highest BCUT2D eigenvalue weighted by Gasteiger charge is 2.22. The second kappa shape index (κ2) is 9.62. The van der Waals surface area contributed by atoms with Gasteiger partial charge in [-0.15, -0.1) is 0 Å². The summed E-state index contributed by atoms with van der Waals surface area (Å²) < 4.78 is 23.8. The molecule has 1 atom stereocenters. The van der Waals surface area contributed by atoms with Crippen molar-refractivity contribution in [1.82, 2.24) is 9.69 Å². The number of nitrogens with two attached hydrogens (primary N) is 1. The summed E-state index contributed by atoms with van der Waals surface area (Å²) in [7, 11) is 0. The van der Waals surface area contributed by atoms with E-state index in [1.54, 1.807) is 13.0 Å². The summed E-state index contributed by atoms with van der Waals surface area (Å²) in [5.74, 6) is -1.52. The molecule has 2 rings (SSSR count). The fraction of sp³-hybridized carbons (Fsp3) is 0.312. The van der Waals surface area contributed by atoms with Gasteiger partial charge < -0.3 is 20.9 Å². The number of rotatable bonds is 8. The Bertz CT molecular complexity index is 833. The summed E-state index contributed by atoms with van der Waals surface area (Å²) in [6.07, 6.45) is 0. The number of nitrogens with one attached hydrogen (secondary N) is 2. The summed E-state index contributed by atoms with van der Waals surface area (Å²) in [6, 6.07) is 3.90. The Balaban J connectivity index is 2.07. The molecule has 27 heavy (non-hydrogen) atoms. The van der Waals surface area contributed by atoms with E-state index in [9.17, 15) is 14.0 Å². The molecule has 2 aromatic rings. The van der Waals surface area contributed by atoms with E-state index in [0.29, 0.717) is 4.47 Å². The summed E-state index contributed by atoms with van der Waals surface area (Å²) in [5.41, 5.74) is 5.54. The number of aliphatic hydroxyl groups excluding tert-OH is 1. The Kier molecular flexibility index (Phi) is 7.51. The van der Waals surface area contributed by atoms with E-state index in [2.05, 4.69) is 30.9 Å². The molecule has 0 fully saturated rings. The third-order valence-electron chi connectivity index (χ3n) is 3.44. The van der Waals surface area contributed by atoms with E-state index < -0.39 is 17.8 Å². The third kappa shape index (κ3) is 5.88. The van der Waals surface area contributed by atoms with Crippen molar-refractivity contribution in [3.05, 3.63) is 39.6 Å². The van der Waals surface area contributed by atoms with Crippen LogP contribution in [0.2, 0.25) is 0 Å². The van der Waals surface area contributed by atoms with Crippen LogP contribution >= 0.6 is 27.5 Å². The topological polar surface area (TPSA) is 127 Å². The summed E-state index contributed by atoms with van der Waals surface area (Å²) in [4.78, 5) is 23.6. The van der Waals surface area contributed by atoms with Gasteiger partial charge in [-0.3, -0.25) is 10.1 Å². The molecular weight excluding hydrogens is 443 g/mol. The number of carbonyl (C=O) groups is 2. The van der Waals surface area contributed by atoms with Crippen molar-refractivity contribution in [2.75, 3.05) is 18.5 Å². The maximum absolute atomic E-state index is 13.9. The number of halogens is 2. The molecule has 0 saturated heterocycles. The van der Waals surface area contributed by atoms with Crippen LogP contribution in [0.5, 0.6) is 5.88 Å². The number of amides is 3. The number of urea groups is 1. The van der Waals surface area contributed by atoms with Crippen LogP contribution in [0.4, 0.5) is 14.2 Å². The second-order valence-corrected chi connectivity index (χ2v) is 7.39. The van der Waals surface area contributed by atoms with Gasteiger partial charge in [-0.25, -0.2) is 9.18 Å². The standard InChI is InChI=1S/C16H18BrFN4O4S/c1-8(6-23)5-20-16(25)21-15-12(13(19)24)14(22-27-15)26-7-9-2-3-10(17)4-11(9)18/h2-4,8,23H,5-7H2,1H3,(H2,19,24)(H2,20,21,25). The predicted molar refractivity (Wildman–Crippen MR) is 102 cm³/mol. The van der Waals surface area contributed by atoms with Crippen molar-refractivity contribution in [2.24, 2.45) is 11.7 Å². The first-order chi connectivity index (χ1) is 12.8. The van der Waals surface area contributed by atoms with Crippen LogP contribution in [0.25, 0.3) is 0 Å². The molecule has 1 unspecified atom stereocenters. The highest BCUT2D eigenvalue weighted by molar-refractivity contribution is 9.10. The Morgan fingerprint density at radius 3 is 2.85 bits per heavy atom. The minimum absolute atomic E-state index is 0.0714. The van der Waals surface area contributed by atoms with E-state index in [1.807, 2.05) is 0 Å². The number of ether oxygens (including phenoxy) is 1. The first-order valence-corrected chi connectivity index (χ1v) is 9.40. The predicted octanol–water partition coefficient (Wildman–Crippen LogP) is 2.47. The molecule has 0 aliphatic heterocycles. The van der Waals surface area contributed by atoms with E-state index in [1.165, 1.54) is 12.1 Å². The van der Waals surface area contributed by atoms with E-state index >= 15 is 0 Å². The van der Waals surface area contributed by atoms with Crippen LogP contribution in [0.3, 0.4) is 0 Å². The smallest absolute Gasteiger partial charge is 0.319 e. The fourth-order valence-corrected chi connectivity index (χ4v) is 3.01. The van der Waals surface area contributed by atoms with Gasteiger partial charge >= 0.3 is 6.03 Å². The fourth-order valence-electron chi connectivity index (χ4n) is 1.94. The van der Waals surface area contributed by atoms with Crippen LogP contribution in [-0.2, 0) is 6.61 Å². The lowest BCUT2D eigenvalue weighted by Gasteiger charge is -2.10. The van der Waals surface area contributed by atoms with Crippen LogP contribution in [0.1, 0.15) is 22.8 Å². The number of benzene rings is 1. The van der Waals surface area contributed by atoms with Gasteiger partial charge in [0.05, 0.1) is 0 Å². The normalized spacial score (nSPS) is 11.7. The van der Waals surface area contributed by atoms with E-state index in [-0.39, 0.29) is 47.7 Å². The number of hydrogen-bond donors (Lipinski definition) is 4. The van der Waals surface area contributed by atoms with Gasteiger partial charge in [-0.1, -0.05) is 28.9 Å². The third-order valence-corrected chi connectivity index (χ3v) is 4.68. The molecule has 1 heterocycles. The van der Waals surface area contributed by atoms with Gasteiger partial charge in [-0.05, 0) is 29.6 Å². The van der Waals surface area contributed by atoms with Crippen molar-refractivity contribution < 1.29 is 23.8 Å². The first kappa shape index (κ1) is 21.1. The van der Waals surface area contributed by atoms with E-state index in [4.69, 9.17) is 15.6 Å². The van der Waals surface area contributed by atoms with Crippen LogP contribution in [-0.4, -0.2) is 34.6 Å². The van der Waals surface area contributed by atoms with Gasteiger partial charge in [0.15, 0.2) is 0 Å². The number of primary amides is 1. The molecular formula is C16H18BrFN4O4S. The average molecular weight is 461 g/mol. The number of hydrogen-bond acceptors (Lipinski definition) is 6. The summed E-state index contributed by atoms with van der Waals surface area (Å²) in [5, 5.41) is 14.1. The van der Waals surface area contributed by atoms with Gasteiger partial charge in [0.25, 0.3) is 5.91 Å². The molecule has 1 aromatic carbocycles. The van der Waals surface area contributed by atoms with Crippen molar-refractivity contribution in [2.45, 2.75) is 13.5 Å². The monoisotopic (exact) mass is 460 g/mol. The molecule has 0 bridgehead atoms. The lowest BCUT2D eigenvalue weighted by atomic mass is 10.2. The molecule has 3 amide bonds. The molecule has 146 valence electrons. The number of anilines is 1. The number of aliphatic hydroxyl groups is 1. The van der Waals surface area contributed by atoms with Crippen LogP contribution in [0.15, 0.2) is 22.7 Å². The molecule has 8 nitrogen and oxygen atoms in total. The molecule has 1 aromatic heterocycles. The Morgan fingerprint density at radius 2 is 2.22 bits per heavy atom. The van der Waals surface area contributed by atoms with Gasteiger partial charge in [-0.2, -0.15) is 4.37 Å². The van der Waals surface area contributed by atoms with E-state index in [0.717, 1.165) is 11.5 Å². The minimum Gasteiger partial charge on any atom is -0.471 e. The molecule has 0 saturated carbocycles. The first-order valence-electron chi connectivity index (χ1n) is 7.83. The SMILES string of the molecule is CC(CO)CNC(=O)Nc1snc(OCc2ccc(Br)cc2F)c1C(N)=O. The number of aromatic nitrogens is 1. The lowest BCUT2D eigenvalue weighted by molar-refractivity contribution is 0.0996. The Hall–Kier alpha value is -2.24. The van der Waals surface area contributed by atoms with Crippen LogP contribution in [0, 0.1) is 11.7 Å². The maximum Gasteiger partial charge on any atom is 0.319 e. The second-order valence-electron chi connectivity index (χ2n) is 5.70. The Labute approximate surface area is 167 Å². The zero-order valence-corrected chi connectivity index (χ0v) is 16.7. The highest BCUT2D eigenvalue weighted by atomic mass is 79.9. The largest absolute Gasteiger partial charge is 0.471 e. The number of nitrogens with zero attached hydrogens (tertiary/aromatic N) is 1. The van der Waals surface area contributed by atoms with Gasteiger partial charge in [0.2, 0.25) is 5.88 Å². The average Bonchev–Trinajstić information content (AvgIpc) is 3.01. The van der Waals surface area contributed by atoms with Crippen molar-refractivity contribution in [3.8, 4) is 5.88 Å². The molecule has 0 radical (unpaired) electrons. The quantitative estimate of drug-likeness (QED) is 0.481. The van der Waals surface area contributed by atoms with Gasteiger partial charge in [0, 0.05) is 23.2 Å². The summed E-state index contributed by atoms with van der Waals surface area (Å²) in [6.45, 7) is 1.77. The minimum atomic E-state index is -0.839.